The molecule has 0 amide bonds. The van der Waals surface area contributed by atoms with Crippen molar-refractivity contribution in [3.05, 3.63) is 184 Å². The zero-order valence-corrected chi connectivity index (χ0v) is 26.6. The van der Waals surface area contributed by atoms with Crippen molar-refractivity contribution >= 4 is 23.2 Å². The number of allylic oxidation sites excluding steroid dienone is 2. The molecule has 2 aliphatic rings. The Morgan fingerprint density at radius 2 is 1.11 bits per heavy atom. The topological polar surface area (TPSA) is 64.9 Å². The van der Waals surface area contributed by atoms with Gasteiger partial charge in [0.25, 0.3) is 0 Å². The second kappa shape index (κ2) is 10.9. The molecule has 1 aliphatic heterocycles. The zero-order valence-electron chi connectivity index (χ0n) is 25.8. The Kier molecular flexibility index (Phi) is 6.70. The van der Waals surface area contributed by atoms with Crippen LogP contribution >= 0.6 is 11.8 Å². The van der Waals surface area contributed by atoms with E-state index >= 15 is 0 Å². The molecule has 6 aromatic rings. The van der Waals surface area contributed by atoms with Gasteiger partial charge in [-0.05, 0) is 100 Å². The van der Waals surface area contributed by atoms with Gasteiger partial charge in [-0.25, -0.2) is 0 Å². The standard InChI is InChI=1S/C42H33N3S/c1-26-15-21-31(27(2)45-26)28-16-18-29(19-17-28)38(43)23-24-39(44)30-20-22-33-32-9-3-4-10-34(32)42(37(33)25-30)35-11-5-7-13-40(35)46-41-14-8-6-12-36(41)42/h3-25H,43-44H2,1-2H3/b38-23-,39-24-. The second-order valence-corrected chi connectivity index (χ2v) is 13.1. The van der Waals surface area contributed by atoms with Gasteiger partial charge in [0.05, 0.1) is 5.41 Å². The van der Waals surface area contributed by atoms with Crippen LogP contribution in [0.25, 0.3) is 33.6 Å². The number of hydrogen-bond donors (Lipinski definition) is 2. The van der Waals surface area contributed by atoms with E-state index in [4.69, 9.17) is 11.5 Å². The van der Waals surface area contributed by atoms with Crippen molar-refractivity contribution in [1.82, 2.24) is 4.98 Å². The molecule has 2 heterocycles. The van der Waals surface area contributed by atoms with Crippen LogP contribution in [0.3, 0.4) is 0 Å². The van der Waals surface area contributed by atoms with Crippen molar-refractivity contribution in [3.63, 3.8) is 0 Å². The monoisotopic (exact) mass is 611 g/mol. The van der Waals surface area contributed by atoms with Crippen LogP contribution in [-0.4, -0.2) is 4.98 Å². The van der Waals surface area contributed by atoms with Crippen LogP contribution in [0.4, 0.5) is 0 Å². The minimum atomic E-state index is -0.428. The van der Waals surface area contributed by atoms with E-state index in [1.165, 1.54) is 43.2 Å². The smallest absolute Gasteiger partial charge is 0.0735 e. The van der Waals surface area contributed by atoms with Crippen molar-refractivity contribution in [2.75, 3.05) is 0 Å². The van der Waals surface area contributed by atoms with Gasteiger partial charge >= 0.3 is 0 Å². The van der Waals surface area contributed by atoms with Crippen LogP contribution in [0.5, 0.6) is 0 Å². The first-order chi connectivity index (χ1) is 22.4. The number of aromatic nitrogens is 1. The summed E-state index contributed by atoms with van der Waals surface area (Å²) < 4.78 is 0. The fraction of sp³-hybridized carbons (Fsp3) is 0.0714. The number of rotatable bonds is 4. The molecule has 0 saturated carbocycles. The number of nitrogens with zero attached hydrogens (tertiary/aromatic N) is 1. The maximum atomic E-state index is 6.81. The Labute approximate surface area is 274 Å². The van der Waals surface area contributed by atoms with E-state index in [1.807, 2.05) is 43.8 Å². The SMILES string of the molecule is Cc1ccc(-c2ccc(/C(N)=C/C=C(\N)c3ccc4c(c3)C3(c5ccccc5Sc5ccccc53)c3ccccc3-4)cc2)c(C)n1. The van der Waals surface area contributed by atoms with E-state index in [1.54, 1.807) is 0 Å². The van der Waals surface area contributed by atoms with Gasteiger partial charge in [-0.3, -0.25) is 4.98 Å². The van der Waals surface area contributed by atoms with E-state index in [2.05, 4.69) is 126 Å². The first-order valence-corrected chi connectivity index (χ1v) is 16.4. The van der Waals surface area contributed by atoms with Gasteiger partial charge in [0.2, 0.25) is 0 Å². The summed E-state index contributed by atoms with van der Waals surface area (Å²) in [7, 11) is 0. The maximum absolute atomic E-state index is 6.81. The highest BCUT2D eigenvalue weighted by Crippen LogP contribution is 2.62. The maximum Gasteiger partial charge on any atom is 0.0735 e. The molecule has 0 fully saturated rings. The Morgan fingerprint density at radius 3 is 1.78 bits per heavy atom. The first kappa shape index (κ1) is 28.2. The van der Waals surface area contributed by atoms with Crippen molar-refractivity contribution < 1.29 is 0 Å². The number of benzene rings is 5. The summed E-state index contributed by atoms with van der Waals surface area (Å²) in [6.45, 7) is 4.06. The Balaban J connectivity index is 1.20. The minimum Gasteiger partial charge on any atom is -0.398 e. The van der Waals surface area contributed by atoms with Crippen LogP contribution in [-0.2, 0) is 5.41 Å². The molecule has 1 aliphatic carbocycles. The molecule has 5 aromatic carbocycles. The molecule has 1 aromatic heterocycles. The summed E-state index contributed by atoms with van der Waals surface area (Å²) in [5, 5.41) is 0. The van der Waals surface area contributed by atoms with E-state index in [9.17, 15) is 0 Å². The lowest BCUT2D eigenvalue weighted by Gasteiger charge is -2.39. The number of hydrogen-bond acceptors (Lipinski definition) is 4. The number of pyridine rings is 1. The normalized spacial score (nSPS) is 14.4. The number of nitrogens with two attached hydrogens (primary N) is 2. The van der Waals surface area contributed by atoms with Crippen LogP contribution in [0.15, 0.2) is 149 Å². The molecule has 0 bridgehead atoms. The van der Waals surface area contributed by atoms with Gasteiger partial charge in [0, 0.05) is 38.1 Å². The van der Waals surface area contributed by atoms with Crippen molar-refractivity contribution in [3.8, 4) is 22.3 Å². The summed E-state index contributed by atoms with van der Waals surface area (Å²) in [6, 6.07) is 45.6. The summed E-state index contributed by atoms with van der Waals surface area (Å²) in [5.74, 6) is 0. The third-order valence-electron chi connectivity index (χ3n) is 9.38. The fourth-order valence-corrected chi connectivity index (χ4v) is 8.43. The number of aryl methyl sites for hydroxylation is 2. The molecule has 8 rings (SSSR count). The molecule has 46 heavy (non-hydrogen) atoms. The third-order valence-corrected chi connectivity index (χ3v) is 10.5. The van der Waals surface area contributed by atoms with Gasteiger partial charge in [-0.1, -0.05) is 115 Å². The Morgan fingerprint density at radius 1 is 0.565 bits per heavy atom. The molecule has 222 valence electrons. The van der Waals surface area contributed by atoms with Gasteiger partial charge in [0.15, 0.2) is 0 Å². The summed E-state index contributed by atoms with van der Waals surface area (Å²) in [6.07, 6.45) is 3.83. The second-order valence-electron chi connectivity index (χ2n) is 12.1. The quantitative estimate of drug-likeness (QED) is 0.195. The lowest BCUT2D eigenvalue weighted by Crippen LogP contribution is -2.32. The van der Waals surface area contributed by atoms with E-state index < -0.39 is 5.41 Å². The van der Waals surface area contributed by atoms with Crippen molar-refractivity contribution in [2.24, 2.45) is 11.5 Å². The fourth-order valence-electron chi connectivity index (χ4n) is 7.24. The predicted molar refractivity (Wildman–Crippen MR) is 191 cm³/mol. The van der Waals surface area contributed by atoms with Gasteiger partial charge < -0.3 is 11.5 Å². The summed E-state index contributed by atoms with van der Waals surface area (Å²) in [4.78, 5) is 7.18. The molecule has 1 spiro atoms. The highest BCUT2D eigenvalue weighted by Gasteiger charge is 2.50. The molecule has 0 unspecified atom stereocenters. The van der Waals surface area contributed by atoms with E-state index in [-0.39, 0.29) is 0 Å². The largest absolute Gasteiger partial charge is 0.398 e. The van der Waals surface area contributed by atoms with Crippen LogP contribution < -0.4 is 11.5 Å². The average molecular weight is 612 g/mol. The average Bonchev–Trinajstić information content (AvgIpc) is 3.37. The van der Waals surface area contributed by atoms with Crippen LogP contribution in [0.1, 0.15) is 44.8 Å². The number of fused-ring (bicyclic) bond motifs is 9. The highest BCUT2D eigenvalue weighted by atomic mass is 32.2. The molecular weight excluding hydrogens is 579 g/mol. The van der Waals surface area contributed by atoms with Crippen molar-refractivity contribution in [2.45, 2.75) is 29.1 Å². The van der Waals surface area contributed by atoms with Gasteiger partial charge in [-0.2, -0.15) is 0 Å². The van der Waals surface area contributed by atoms with E-state index in [0.29, 0.717) is 11.4 Å². The summed E-state index contributed by atoms with van der Waals surface area (Å²) in [5.41, 5.74) is 28.2. The minimum absolute atomic E-state index is 0.428. The third kappa shape index (κ3) is 4.33. The molecule has 0 atom stereocenters. The summed E-state index contributed by atoms with van der Waals surface area (Å²) >= 11 is 1.85. The molecule has 4 N–H and O–H groups in total. The van der Waals surface area contributed by atoms with Gasteiger partial charge in [-0.15, -0.1) is 0 Å². The van der Waals surface area contributed by atoms with Crippen molar-refractivity contribution in [1.29, 1.82) is 0 Å². The highest BCUT2D eigenvalue weighted by molar-refractivity contribution is 7.99. The molecule has 3 nitrogen and oxygen atoms in total. The predicted octanol–water partition coefficient (Wildman–Crippen LogP) is 9.49. The Hall–Kier alpha value is -5.32. The van der Waals surface area contributed by atoms with Crippen LogP contribution in [0.2, 0.25) is 0 Å². The van der Waals surface area contributed by atoms with Crippen LogP contribution in [0, 0.1) is 13.8 Å². The van der Waals surface area contributed by atoms with E-state index in [0.717, 1.165) is 33.6 Å². The lowest BCUT2D eigenvalue weighted by molar-refractivity contribution is 0.722. The molecule has 0 radical (unpaired) electrons. The molecule has 0 saturated heterocycles. The molecule has 4 heteroatoms. The molecular formula is C42H33N3S. The Bertz CT molecular complexity index is 2180. The zero-order chi connectivity index (χ0) is 31.4. The lowest BCUT2D eigenvalue weighted by atomic mass is 9.67. The van der Waals surface area contributed by atoms with Gasteiger partial charge in [0.1, 0.15) is 0 Å². The first-order valence-electron chi connectivity index (χ1n) is 15.5.